The maximum Gasteiger partial charge on any atom is 0.222 e. The number of hydrogen-bond donors (Lipinski definition) is 2. The van der Waals surface area contributed by atoms with Crippen molar-refractivity contribution in [3.8, 4) is 0 Å². The maximum absolute atomic E-state index is 11.6. The molecule has 1 aliphatic rings. The summed E-state index contributed by atoms with van der Waals surface area (Å²) in [5.74, 6) is 0.925. The fourth-order valence-electron chi connectivity index (χ4n) is 1.73. The lowest BCUT2D eigenvalue weighted by Crippen LogP contribution is -2.37. The highest BCUT2D eigenvalue weighted by Gasteiger charge is 2.27. The van der Waals surface area contributed by atoms with E-state index in [1.54, 1.807) is 0 Å². The molecule has 1 atom stereocenters. The number of carbonyl (C=O) groups excluding carboxylic acids is 1. The molecule has 3 nitrogen and oxygen atoms in total. The van der Waals surface area contributed by atoms with Crippen molar-refractivity contribution in [3.05, 3.63) is 0 Å². The first-order valence-corrected chi connectivity index (χ1v) is 5.44. The van der Waals surface area contributed by atoms with Gasteiger partial charge in [-0.1, -0.05) is 0 Å². The van der Waals surface area contributed by atoms with Crippen molar-refractivity contribution in [1.29, 1.82) is 0 Å². The van der Waals surface area contributed by atoms with Crippen LogP contribution in [0.3, 0.4) is 0 Å². The second-order valence-corrected chi connectivity index (χ2v) is 3.84. The Labute approximate surface area is 84.5 Å². The summed E-state index contributed by atoms with van der Waals surface area (Å²) in [6.45, 7) is 0.920. The van der Waals surface area contributed by atoms with Crippen molar-refractivity contribution in [2.24, 2.45) is 0 Å². The number of nitrogens with zero attached hydrogens (tertiary/aromatic N) is 1. The number of amides is 1. The molecule has 0 spiro atoms. The molecule has 13 heavy (non-hydrogen) atoms. The lowest BCUT2D eigenvalue weighted by molar-refractivity contribution is -0.132. The van der Waals surface area contributed by atoms with E-state index in [9.17, 15) is 4.79 Å². The van der Waals surface area contributed by atoms with Crippen LogP contribution in [0.5, 0.6) is 0 Å². The number of hydrogen-bond acceptors (Lipinski definition) is 3. The fraction of sp³-hybridized carbons (Fsp3) is 0.889. The van der Waals surface area contributed by atoms with Crippen molar-refractivity contribution >= 4 is 18.5 Å². The molecule has 1 N–H and O–H groups in total. The zero-order valence-electron chi connectivity index (χ0n) is 7.78. The van der Waals surface area contributed by atoms with Gasteiger partial charge in [-0.05, 0) is 25.0 Å². The molecule has 0 bridgehead atoms. The Morgan fingerprint density at radius 3 is 3.00 bits per heavy atom. The zero-order valence-corrected chi connectivity index (χ0v) is 8.67. The molecule has 0 aromatic heterocycles. The molecule has 0 saturated carbocycles. The van der Waals surface area contributed by atoms with E-state index in [1.807, 2.05) is 4.90 Å². The van der Waals surface area contributed by atoms with Gasteiger partial charge in [-0.2, -0.15) is 12.6 Å². The van der Waals surface area contributed by atoms with E-state index in [1.165, 1.54) is 0 Å². The molecule has 0 aromatic carbocycles. The van der Waals surface area contributed by atoms with Crippen molar-refractivity contribution in [2.45, 2.75) is 31.7 Å². The van der Waals surface area contributed by atoms with Crippen LogP contribution in [0.15, 0.2) is 0 Å². The predicted molar refractivity (Wildman–Crippen MR) is 54.9 cm³/mol. The van der Waals surface area contributed by atoms with Crippen LogP contribution in [0.25, 0.3) is 0 Å². The van der Waals surface area contributed by atoms with Crippen LogP contribution in [0.1, 0.15) is 25.7 Å². The monoisotopic (exact) mass is 203 g/mol. The first kappa shape index (κ1) is 10.9. The summed E-state index contributed by atoms with van der Waals surface area (Å²) < 4.78 is 0. The van der Waals surface area contributed by atoms with Gasteiger partial charge in [0.25, 0.3) is 0 Å². The maximum atomic E-state index is 11.6. The minimum absolute atomic E-state index is 0.0763. The zero-order chi connectivity index (χ0) is 9.68. The smallest absolute Gasteiger partial charge is 0.222 e. The number of thiol groups is 1. The van der Waals surface area contributed by atoms with Gasteiger partial charge in [0.05, 0.1) is 12.6 Å². The van der Waals surface area contributed by atoms with Crippen molar-refractivity contribution in [3.63, 3.8) is 0 Å². The van der Waals surface area contributed by atoms with Gasteiger partial charge in [0, 0.05) is 13.0 Å². The third-order valence-electron chi connectivity index (χ3n) is 2.46. The molecule has 1 fully saturated rings. The molecular formula is C9H17NO2S. The van der Waals surface area contributed by atoms with Gasteiger partial charge in [0.1, 0.15) is 0 Å². The van der Waals surface area contributed by atoms with E-state index in [-0.39, 0.29) is 18.6 Å². The van der Waals surface area contributed by atoms with Crippen LogP contribution in [0.4, 0.5) is 0 Å². The van der Waals surface area contributed by atoms with Gasteiger partial charge < -0.3 is 10.0 Å². The van der Waals surface area contributed by atoms with E-state index in [2.05, 4.69) is 12.6 Å². The number of likely N-dealkylation sites (tertiary alicyclic amines) is 1. The number of aliphatic hydroxyl groups is 1. The highest BCUT2D eigenvalue weighted by Crippen LogP contribution is 2.17. The minimum atomic E-state index is 0.0763. The third-order valence-corrected chi connectivity index (χ3v) is 2.77. The van der Waals surface area contributed by atoms with Crippen molar-refractivity contribution < 1.29 is 9.90 Å². The summed E-state index contributed by atoms with van der Waals surface area (Å²) in [7, 11) is 0. The second-order valence-electron chi connectivity index (χ2n) is 3.39. The molecule has 4 heteroatoms. The van der Waals surface area contributed by atoms with Crippen molar-refractivity contribution in [1.82, 2.24) is 4.90 Å². The standard InChI is InChI=1S/C9H17NO2S/c11-7-8-3-1-5-10(8)9(12)4-2-6-13/h8,11,13H,1-7H2. The van der Waals surface area contributed by atoms with Crippen LogP contribution >= 0.6 is 12.6 Å². The fourth-order valence-corrected chi connectivity index (χ4v) is 1.89. The Morgan fingerprint density at radius 1 is 1.62 bits per heavy atom. The molecule has 1 rings (SSSR count). The normalized spacial score (nSPS) is 22.3. The molecule has 1 amide bonds. The van der Waals surface area contributed by atoms with E-state index in [0.717, 1.165) is 31.6 Å². The third kappa shape index (κ3) is 2.88. The van der Waals surface area contributed by atoms with Gasteiger partial charge in [0.2, 0.25) is 5.91 Å². The van der Waals surface area contributed by atoms with Crippen molar-refractivity contribution in [2.75, 3.05) is 18.9 Å². The second kappa shape index (κ2) is 5.50. The molecule has 76 valence electrons. The molecular weight excluding hydrogens is 186 g/mol. The summed E-state index contributed by atoms with van der Waals surface area (Å²) in [6.07, 6.45) is 3.37. The average molecular weight is 203 g/mol. The van der Waals surface area contributed by atoms with Gasteiger partial charge in [0.15, 0.2) is 0 Å². The largest absolute Gasteiger partial charge is 0.394 e. The van der Waals surface area contributed by atoms with Crippen LogP contribution in [-0.4, -0.2) is 40.9 Å². The first-order valence-electron chi connectivity index (χ1n) is 4.80. The number of aliphatic hydroxyl groups excluding tert-OH is 1. The Balaban J connectivity index is 2.36. The molecule has 1 heterocycles. The molecule has 1 aliphatic heterocycles. The predicted octanol–water partition coefficient (Wildman–Crippen LogP) is 0.680. The van der Waals surface area contributed by atoms with Gasteiger partial charge in [-0.3, -0.25) is 4.79 Å². The highest BCUT2D eigenvalue weighted by molar-refractivity contribution is 7.80. The summed E-state index contributed by atoms with van der Waals surface area (Å²) in [5, 5.41) is 9.00. The number of carbonyl (C=O) groups is 1. The topological polar surface area (TPSA) is 40.5 Å². The van der Waals surface area contributed by atoms with Crippen LogP contribution in [0, 0.1) is 0 Å². The quantitative estimate of drug-likeness (QED) is 0.660. The van der Waals surface area contributed by atoms with Gasteiger partial charge in [-0.25, -0.2) is 0 Å². The summed E-state index contributed by atoms with van der Waals surface area (Å²) in [4.78, 5) is 13.4. The Bertz CT molecular complexity index is 175. The van der Waals surface area contributed by atoms with E-state index < -0.39 is 0 Å². The van der Waals surface area contributed by atoms with Crippen LogP contribution in [-0.2, 0) is 4.79 Å². The Morgan fingerprint density at radius 2 is 2.38 bits per heavy atom. The van der Waals surface area contributed by atoms with E-state index in [4.69, 9.17) is 5.11 Å². The number of rotatable bonds is 4. The van der Waals surface area contributed by atoms with Gasteiger partial charge >= 0.3 is 0 Å². The summed E-state index contributed by atoms with van der Waals surface area (Å²) in [6, 6.07) is 0.0763. The molecule has 1 unspecified atom stereocenters. The van der Waals surface area contributed by atoms with E-state index in [0.29, 0.717) is 6.42 Å². The summed E-state index contributed by atoms with van der Waals surface area (Å²) >= 11 is 4.06. The molecule has 0 aliphatic carbocycles. The Hall–Kier alpha value is -0.220. The molecule has 0 radical (unpaired) electrons. The van der Waals surface area contributed by atoms with E-state index >= 15 is 0 Å². The Kier molecular flexibility index (Phi) is 4.59. The first-order chi connectivity index (χ1) is 6.29. The highest BCUT2D eigenvalue weighted by atomic mass is 32.1. The van der Waals surface area contributed by atoms with Crippen LogP contribution in [0.2, 0.25) is 0 Å². The summed E-state index contributed by atoms with van der Waals surface area (Å²) in [5.41, 5.74) is 0. The average Bonchev–Trinajstić information content (AvgIpc) is 2.61. The lowest BCUT2D eigenvalue weighted by Gasteiger charge is -2.22. The van der Waals surface area contributed by atoms with Gasteiger partial charge in [-0.15, -0.1) is 0 Å². The molecule has 1 saturated heterocycles. The van der Waals surface area contributed by atoms with Crippen LogP contribution < -0.4 is 0 Å². The lowest BCUT2D eigenvalue weighted by atomic mass is 10.2. The molecule has 0 aromatic rings. The minimum Gasteiger partial charge on any atom is -0.394 e. The SMILES string of the molecule is O=C(CCCS)N1CCCC1CO.